The summed E-state index contributed by atoms with van der Waals surface area (Å²) >= 11 is 0. The van der Waals surface area contributed by atoms with Gasteiger partial charge in [0.05, 0.1) is 18.2 Å². The lowest BCUT2D eigenvalue weighted by Gasteiger charge is -2.43. The highest BCUT2D eigenvalue weighted by molar-refractivity contribution is 5.83. The maximum Gasteiger partial charge on any atom is 0.244 e. The van der Waals surface area contributed by atoms with E-state index in [0.717, 1.165) is 49.8 Å². The number of amides is 2. The number of hydrogen-bond donors (Lipinski definition) is 0. The number of hydrogen-bond acceptors (Lipinski definition) is 4. The van der Waals surface area contributed by atoms with Crippen molar-refractivity contribution in [3.63, 3.8) is 0 Å². The van der Waals surface area contributed by atoms with E-state index < -0.39 is 0 Å². The summed E-state index contributed by atoms with van der Waals surface area (Å²) in [6.45, 7) is 7.28. The Kier molecular flexibility index (Phi) is 7.36. The third-order valence-electron chi connectivity index (χ3n) is 7.20. The van der Waals surface area contributed by atoms with Gasteiger partial charge in [-0.15, -0.1) is 0 Å². The summed E-state index contributed by atoms with van der Waals surface area (Å²) < 4.78 is 7.76. The van der Waals surface area contributed by atoms with Crippen LogP contribution in [0.3, 0.4) is 0 Å². The molecule has 0 saturated carbocycles. The van der Waals surface area contributed by atoms with Crippen molar-refractivity contribution in [3.8, 4) is 5.75 Å². The molecule has 1 aromatic heterocycles. The first-order valence-electron chi connectivity index (χ1n) is 12.3. The standard InChI is InChI=1S/C26H36N4O3/c1-3-28-16-17-33-23-10-5-4-8-22(23)9-6-7-11-26(25(28)32)12-14-29(15-13-26)24(31)20-30-19-21(2)18-27-30/h4-5,8,10,18-19H,3,6-7,9,11-17,20H2,1-2H3. The normalized spacial score (nSPS) is 19.4. The molecule has 4 rings (SSSR count). The molecule has 1 aromatic carbocycles. The van der Waals surface area contributed by atoms with Crippen LogP contribution in [0.15, 0.2) is 36.7 Å². The van der Waals surface area contributed by atoms with Gasteiger partial charge in [-0.2, -0.15) is 5.10 Å². The Hall–Kier alpha value is -2.83. The van der Waals surface area contributed by atoms with Crippen molar-refractivity contribution in [1.29, 1.82) is 0 Å². The minimum Gasteiger partial charge on any atom is -0.491 e. The van der Waals surface area contributed by atoms with E-state index in [9.17, 15) is 9.59 Å². The van der Waals surface area contributed by atoms with Gasteiger partial charge in [-0.25, -0.2) is 0 Å². The summed E-state index contributed by atoms with van der Waals surface area (Å²) in [7, 11) is 0. The number of fused-ring (bicyclic) bond motifs is 1. The minimum atomic E-state index is -0.381. The van der Waals surface area contributed by atoms with Gasteiger partial charge in [0, 0.05) is 25.8 Å². The van der Waals surface area contributed by atoms with E-state index in [-0.39, 0.29) is 23.8 Å². The Labute approximate surface area is 196 Å². The number of carbonyl (C=O) groups excluding carboxylic acids is 2. The van der Waals surface area contributed by atoms with Gasteiger partial charge in [0.2, 0.25) is 11.8 Å². The third-order valence-corrected chi connectivity index (χ3v) is 7.20. The molecule has 2 aromatic rings. The zero-order valence-corrected chi connectivity index (χ0v) is 20.0. The van der Waals surface area contributed by atoms with Crippen LogP contribution >= 0.6 is 0 Å². The Bertz CT molecular complexity index is 962. The highest BCUT2D eigenvalue weighted by Gasteiger charge is 2.43. The second-order valence-electron chi connectivity index (χ2n) is 9.42. The number of piperidine rings is 1. The van der Waals surface area contributed by atoms with E-state index in [0.29, 0.717) is 32.8 Å². The van der Waals surface area contributed by atoms with Gasteiger partial charge in [-0.3, -0.25) is 14.3 Å². The van der Waals surface area contributed by atoms with Crippen LogP contribution in [-0.4, -0.2) is 64.2 Å². The average molecular weight is 453 g/mol. The lowest BCUT2D eigenvalue weighted by Crippen LogP contribution is -2.52. The fraction of sp³-hybridized carbons (Fsp3) is 0.577. The second kappa shape index (κ2) is 10.4. The van der Waals surface area contributed by atoms with Crippen LogP contribution in [0.2, 0.25) is 0 Å². The molecule has 2 aliphatic heterocycles. The van der Waals surface area contributed by atoms with Crippen LogP contribution in [0.4, 0.5) is 0 Å². The zero-order valence-electron chi connectivity index (χ0n) is 20.0. The largest absolute Gasteiger partial charge is 0.491 e. The average Bonchev–Trinajstić information content (AvgIpc) is 3.24. The van der Waals surface area contributed by atoms with Gasteiger partial charge < -0.3 is 14.5 Å². The fourth-order valence-electron chi connectivity index (χ4n) is 5.18. The topological polar surface area (TPSA) is 67.7 Å². The van der Waals surface area contributed by atoms with E-state index in [1.54, 1.807) is 10.9 Å². The molecule has 7 nitrogen and oxygen atoms in total. The molecule has 1 fully saturated rings. The van der Waals surface area contributed by atoms with Crippen molar-refractivity contribution in [2.75, 3.05) is 32.8 Å². The number of likely N-dealkylation sites (N-methyl/N-ethyl adjacent to an activating group) is 1. The molecule has 2 aliphatic rings. The molecule has 1 saturated heterocycles. The highest BCUT2D eigenvalue weighted by Crippen LogP contribution is 2.39. The Balaban J connectivity index is 1.44. The van der Waals surface area contributed by atoms with Gasteiger partial charge in [-0.1, -0.05) is 24.6 Å². The molecule has 0 unspecified atom stereocenters. The molecule has 0 aliphatic carbocycles. The smallest absolute Gasteiger partial charge is 0.244 e. The van der Waals surface area contributed by atoms with Gasteiger partial charge in [-0.05, 0) is 63.1 Å². The number of carbonyl (C=O) groups is 2. The Morgan fingerprint density at radius 2 is 1.91 bits per heavy atom. The summed E-state index contributed by atoms with van der Waals surface area (Å²) in [5.41, 5.74) is 1.91. The first-order valence-corrected chi connectivity index (χ1v) is 12.3. The molecule has 0 N–H and O–H groups in total. The molecular formula is C26H36N4O3. The molecule has 7 heteroatoms. The van der Waals surface area contributed by atoms with Crippen LogP contribution in [0, 0.1) is 12.3 Å². The highest BCUT2D eigenvalue weighted by atomic mass is 16.5. The molecule has 33 heavy (non-hydrogen) atoms. The number of aryl methyl sites for hydroxylation is 2. The summed E-state index contributed by atoms with van der Waals surface area (Å²) in [4.78, 5) is 30.4. The fourth-order valence-corrected chi connectivity index (χ4v) is 5.18. The monoisotopic (exact) mass is 452 g/mol. The first kappa shape index (κ1) is 23.3. The number of nitrogens with zero attached hydrogens (tertiary/aromatic N) is 4. The maximum atomic E-state index is 13.7. The first-order chi connectivity index (χ1) is 16.0. The van der Waals surface area contributed by atoms with E-state index >= 15 is 0 Å². The molecule has 2 amide bonds. The molecule has 0 radical (unpaired) electrons. The summed E-state index contributed by atoms with van der Waals surface area (Å²) in [5, 5.41) is 4.24. The van der Waals surface area contributed by atoms with Crippen molar-refractivity contribution in [1.82, 2.24) is 19.6 Å². The van der Waals surface area contributed by atoms with E-state index in [1.807, 2.05) is 42.0 Å². The number of ether oxygens (including phenoxy) is 1. The van der Waals surface area contributed by atoms with Crippen molar-refractivity contribution in [3.05, 3.63) is 47.8 Å². The van der Waals surface area contributed by atoms with Crippen LogP contribution in [0.25, 0.3) is 0 Å². The Morgan fingerprint density at radius 1 is 1.12 bits per heavy atom. The summed E-state index contributed by atoms with van der Waals surface area (Å²) in [5.74, 6) is 1.25. The minimum absolute atomic E-state index is 0.0749. The van der Waals surface area contributed by atoms with Crippen LogP contribution in [-0.2, 0) is 22.6 Å². The molecule has 3 heterocycles. The van der Waals surface area contributed by atoms with Crippen LogP contribution in [0.5, 0.6) is 5.75 Å². The SMILES string of the molecule is CCN1CCOc2ccccc2CCCCC2(CCN(C(=O)Cn3cc(C)cn3)CC2)C1=O. The lowest BCUT2D eigenvalue weighted by atomic mass is 9.73. The van der Waals surface area contributed by atoms with Crippen molar-refractivity contribution >= 4 is 11.8 Å². The van der Waals surface area contributed by atoms with Crippen molar-refractivity contribution in [2.45, 2.75) is 58.9 Å². The zero-order chi connectivity index (χ0) is 23.3. The number of rotatable bonds is 3. The van der Waals surface area contributed by atoms with Gasteiger partial charge in [0.1, 0.15) is 18.9 Å². The van der Waals surface area contributed by atoms with Crippen molar-refractivity contribution in [2.24, 2.45) is 5.41 Å². The Morgan fingerprint density at radius 3 is 2.64 bits per heavy atom. The maximum absolute atomic E-state index is 13.7. The van der Waals surface area contributed by atoms with Crippen LogP contribution in [0.1, 0.15) is 50.2 Å². The number of likely N-dealkylation sites (tertiary alicyclic amines) is 1. The summed E-state index contributed by atoms with van der Waals surface area (Å²) in [6.07, 6.45) is 8.98. The van der Waals surface area contributed by atoms with Crippen molar-refractivity contribution < 1.29 is 14.3 Å². The predicted molar refractivity (Wildman–Crippen MR) is 127 cm³/mol. The number of aromatic nitrogens is 2. The lowest BCUT2D eigenvalue weighted by molar-refractivity contribution is -0.149. The second-order valence-corrected chi connectivity index (χ2v) is 9.42. The molecule has 0 atom stereocenters. The predicted octanol–water partition coefficient (Wildman–Crippen LogP) is 3.45. The summed E-state index contributed by atoms with van der Waals surface area (Å²) in [6, 6.07) is 8.24. The van der Waals surface area contributed by atoms with Gasteiger partial charge in [0.25, 0.3) is 0 Å². The molecule has 0 bridgehead atoms. The van der Waals surface area contributed by atoms with Crippen LogP contribution < -0.4 is 4.74 Å². The van der Waals surface area contributed by atoms with Gasteiger partial charge >= 0.3 is 0 Å². The molecule has 1 spiro atoms. The van der Waals surface area contributed by atoms with Gasteiger partial charge in [0.15, 0.2) is 0 Å². The van der Waals surface area contributed by atoms with E-state index in [4.69, 9.17) is 4.74 Å². The third kappa shape index (κ3) is 5.40. The van der Waals surface area contributed by atoms with E-state index in [1.165, 1.54) is 5.56 Å². The number of benzene rings is 1. The quantitative estimate of drug-likeness (QED) is 0.715. The number of para-hydroxylation sites is 1. The van der Waals surface area contributed by atoms with E-state index in [2.05, 4.69) is 17.2 Å². The molecular weight excluding hydrogens is 416 g/mol. The molecule has 178 valence electrons.